The summed E-state index contributed by atoms with van der Waals surface area (Å²) in [5.74, 6) is -3.75. The maximum atomic E-state index is 14.3. The third-order valence-electron chi connectivity index (χ3n) is 9.34. The highest BCUT2D eigenvalue weighted by molar-refractivity contribution is 7.91. The number of esters is 1. The molecule has 3 fully saturated rings. The molecule has 1 saturated heterocycles. The van der Waals surface area contributed by atoms with Gasteiger partial charge in [-0.15, -0.1) is 0 Å². The summed E-state index contributed by atoms with van der Waals surface area (Å²) >= 11 is 0. The van der Waals surface area contributed by atoms with Crippen LogP contribution >= 0.6 is 0 Å². The lowest BCUT2D eigenvalue weighted by molar-refractivity contribution is -0.151. The Bertz CT molecular complexity index is 1590. The van der Waals surface area contributed by atoms with Gasteiger partial charge in [-0.1, -0.05) is 49.4 Å². The molecule has 2 aliphatic carbocycles. The average Bonchev–Trinajstić information content (AvgIpc) is 3.96. The van der Waals surface area contributed by atoms with E-state index in [1.165, 1.54) is 4.90 Å². The monoisotopic (exact) mass is 716 g/mol. The van der Waals surface area contributed by atoms with Gasteiger partial charge in [0.1, 0.15) is 29.3 Å². The first-order valence-electron chi connectivity index (χ1n) is 17.3. The number of sulfonamides is 1. The minimum Gasteiger partial charge on any atom is -0.460 e. The molecule has 0 bridgehead atoms. The Morgan fingerprint density at radius 1 is 1.12 bits per heavy atom. The number of nitrogens with zero attached hydrogens (tertiary/aromatic N) is 1. The molecule has 0 aromatic heterocycles. The predicted molar refractivity (Wildman–Crippen MR) is 181 cm³/mol. The van der Waals surface area contributed by atoms with Crippen LogP contribution in [0.1, 0.15) is 84.1 Å². The molecule has 2 heterocycles. The molecule has 50 heavy (non-hydrogen) atoms. The topological polar surface area (TPSA) is 187 Å². The maximum absolute atomic E-state index is 14.3. The zero-order valence-corrected chi connectivity index (χ0v) is 29.8. The predicted octanol–water partition coefficient (Wildman–Crippen LogP) is 2.44. The van der Waals surface area contributed by atoms with Crippen molar-refractivity contribution < 1.29 is 46.6 Å². The number of fused-ring (bicyclic) bond motifs is 2. The number of hydrogen-bond donors (Lipinski definition) is 3. The number of carbonyl (C=O) groups excluding carboxylic acids is 5. The van der Waals surface area contributed by atoms with E-state index in [0.29, 0.717) is 25.7 Å². The second kappa shape index (κ2) is 15.1. The van der Waals surface area contributed by atoms with Crippen LogP contribution < -0.4 is 15.4 Å². The zero-order valence-electron chi connectivity index (χ0n) is 29.0. The molecular weight excluding hydrogens is 668 g/mol. The summed E-state index contributed by atoms with van der Waals surface area (Å²) < 4.78 is 44.7. The number of rotatable bonds is 8. The maximum Gasteiger partial charge on any atom is 0.408 e. The zero-order chi connectivity index (χ0) is 36.3. The summed E-state index contributed by atoms with van der Waals surface area (Å²) in [5, 5.41) is 4.76. The Hall–Kier alpha value is -3.98. The summed E-state index contributed by atoms with van der Waals surface area (Å²) in [4.78, 5) is 69.5. The summed E-state index contributed by atoms with van der Waals surface area (Å²) in [5.41, 5.74) is -1.64. The highest BCUT2D eigenvalue weighted by Crippen LogP contribution is 2.46. The van der Waals surface area contributed by atoms with E-state index in [1.807, 2.05) is 37.3 Å². The molecule has 15 heteroatoms. The highest BCUT2D eigenvalue weighted by atomic mass is 32.2. The van der Waals surface area contributed by atoms with Crippen LogP contribution in [-0.2, 0) is 43.4 Å². The molecule has 1 unspecified atom stereocenters. The molecule has 4 aliphatic rings. The second-order valence-electron chi connectivity index (χ2n) is 14.5. The van der Waals surface area contributed by atoms with Crippen LogP contribution in [0.25, 0.3) is 0 Å². The van der Waals surface area contributed by atoms with E-state index >= 15 is 0 Å². The van der Waals surface area contributed by atoms with Gasteiger partial charge in [0.2, 0.25) is 21.8 Å². The van der Waals surface area contributed by atoms with Crippen molar-refractivity contribution in [3.05, 3.63) is 48.0 Å². The van der Waals surface area contributed by atoms with E-state index in [1.54, 1.807) is 32.9 Å². The van der Waals surface area contributed by atoms with Gasteiger partial charge in [-0.25, -0.2) is 13.2 Å². The van der Waals surface area contributed by atoms with Crippen LogP contribution in [0, 0.1) is 5.92 Å². The van der Waals surface area contributed by atoms with Gasteiger partial charge in [0.05, 0.1) is 24.3 Å². The molecule has 0 radical (unpaired) electrons. The van der Waals surface area contributed by atoms with E-state index in [-0.39, 0.29) is 39.0 Å². The molecule has 2 aliphatic heterocycles. The van der Waals surface area contributed by atoms with Gasteiger partial charge in [-0.2, -0.15) is 0 Å². The van der Waals surface area contributed by atoms with Gasteiger partial charge in [-0.05, 0) is 64.9 Å². The molecule has 1 aromatic carbocycles. The summed E-state index contributed by atoms with van der Waals surface area (Å²) in [6.07, 6.45) is 3.69. The lowest BCUT2D eigenvalue weighted by Gasteiger charge is -2.30. The molecule has 274 valence electrons. The van der Waals surface area contributed by atoms with Crippen molar-refractivity contribution in [1.29, 1.82) is 0 Å². The van der Waals surface area contributed by atoms with Crippen LogP contribution in [0.4, 0.5) is 4.79 Å². The molecule has 4 amide bonds. The average molecular weight is 717 g/mol. The Kier molecular flexibility index (Phi) is 11.3. The lowest BCUT2D eigenvalue weighted by Crippen LogP contribution is -2.58. The van der Waals surface area contributed by atoms with Crippen LogP contribution in [0.3, 0.4) is 0 Å². The fourth-order valence-corrected chi connectivity index (χ4v) is 7.84. The molecule has 1 aromatic rings. The number of nitrogens with one attached hydrogen (secondary N) is 3. The Morgan fingerprint density at radius 2 is 1.84 bits per heavy atom. The SMILES string of the molecule is CCC(C(=O)O[C@@H]1C[C@H]2C(=O)N[C@]3(C(=O)NS(=O)(=O)C4CC4)C[C@H]3C=CCOCCC[C@H](NC(=O)OC(C)(C)C)C(=O)N2C1)c1ccccc1. The number of ether oxygens (including phenoxy) is 3. The quantitative estimate of drug-likeness (QED) is 0.267. The number of alkyl carbamates (subject to hydrolysis) is 1. The third kappa shape index (κ3) is 9.02. The first-order valence-corrected chi connectivity index (χ1v) is 18.9. The number of benzene rings is 1. The fourth-order valence-electron chi connectivity index (χ4n) is 6.48. The standard InChI is InChI=1S/C35H48N4O10S/c1-5-26(22-11-7-6-8-12-22)31(42)48-24-19-28-29(40)37-35(32(43)38-50(45,46)25-15-16-25)20-23(35)13-9-17-47-18-10-14-27(30(41)39(28)21-24)36-33(44)49-34(2,3)4/h6-9,11-13,23-28H,5,10,14-21H2,1-4H3,(H,36,44)(H,37,40)(H,38,43)/t23-,24-,26?,27+,28+,35-/m1/s1. The molecule has 2 saturated carbocycles. The van der Waals surface area contributed by atoms with E-state index in [4.69, 9.17) is 14.2 Å². The van der Waals surface area contributed by atoms with Crippen LogP contribution in [0.5, 0.6) is 0 Å². The third-order valence-corrected chi connectivity index (χ3v) is 11.2. The second-order valence-corrected chi connectivity index (χ2v) is 16.4. The minimum atomic E-state index is -3.92. The van der Waals surface area contributed by atoms with E-state index in [0.717, 1.165) is 5.56 Å². The van der Waals surface area contributed by atoms with Crippen molar-refractivity contribution >= 4 is 39.8 Å². The highest BCUT2D eigenvalue weighted by Gasteiger charge is 2.62. The Labute approximate surface area is 293 Å². The van der Waals surface area contributed by atoms with Crippen molar-refractivity contribution in [2.45, 2.75) is 113 Å². The molecule has 6 atom stereocenters. The van der Waals surface area contributed by atoms with Crippen molar-refractivity contribution in [2.75, 3.05) is 19.8 Å². The molecule has 3 N–H and O–H groups in total. The Balaban J connectivity index is 1.42. The molecular formula is C35H48N4O10S. The first-order chi connectivity index (χ1) is 23.6. The molecule has 14 nitrogen and oxygen atoms in total. The van der Waals surface area contributed by atoms with Crippen LogP contribution in [-0.4, -0.2) is 97.4 Å². The lowest BCUT2D eigenvalue weighted by atomic mass is 9.97. The van der Waals surface area contributed by atoms with Crippen LogP contribution in [0.2, 0.25) is 0 Å². The number of amides is 4. The Morgan fingerprint density at radius 3 is 2.50 bits per heavy atom. The normalized spacial score (nSPS) is 28.1. The van der Waals surface area contributed by atoms with Gasteiger partial charge in [0.25, 0.3) is 5.91 Å². The number of hydrogen-bond acceptors (Lipinski definition) is 10. The van der Waals surface area contributed by atoms with Gasteiger partial charge in [0, 0.05) is 18.9 Å². The van der Waals surface area contributed by atoms with Gasteiger partial charge in [0.15, 0.2) is 0 Å². The van der Waals surface area contributed by atoms with Crippen LogP contribution in [0.15, 0.2) is 42.5 Å². The van der Waals surface area contributed by atoms with Crippen molar-refractivity contribution in [2.24, 2.45) is 5.92 Å². The first kappa shape index (κ1) is 37.3. The van der Waals surface area contributed by atoms with E-state index in [2.05, 4.69) is 15.4 Å². The van der Waals surface area contributed by atoms with Crippen molar-refractivity contribution in [3.8, 4) is 0 Å². The number of carbonyl (C=O) groups is 5. The van der Waals surface area contributed by atoms with Crippen molar-refractivity contribution in [1.82, 2.24) is 20.3 Å². The fraction of sp³-hybridized carbons (Fsp3) is 0.629. The van der Waals surface area contributed by atoms with E-state index < -0.39 is 86.2 Å². The molecule has 5 rings (SSSR count). The van der Waals surface area contributed by atoms with Gasteiger partial charge < -0.3 is 29.7 Å². The summed E-state index contributed by atoms with van der Waals surface area (Å²) in [7, 11) is -3.92. The van der Waals surface area contributed by atoms with Gasteiger partial charge in [-0.3, -0.25) is 23.9 Å². The molecule has 0 spiro atoms. The smallest absolute Gasteiger partial charge is 0.408 e. The minimum absolute atomic E-state index is 0.0740. The van der Waals surface area contributed by atoms with E-state index in [9.17, 15) is 32.4 Å². The summed E-state index contributed by atoms with van der Waals surface area (Å²) in [6.45, 7) is 7.23. The van der Waals surface area contributed by atoms with Gasteiger partial charge >= 0.3 is 12.1 Å². The summed E-state index contributed by atoms with van der Waals surface area (Å²) in [6, 6.07) is 6.84. The van der Waals surface area contributed by atoms with Crippen molar-refractivity contribution in [3.63, 3.8) is 0 Å². The largest absolute Gasteiger partial charge is 0.460 e.